The number of benzene rings is 1. The lowest BCUT2D eigenvalue weighted by molar-refractivity contribution is -0.166. The quantitative estimate of drug-likeness (QED) is 0.0448. The van der Waals surface area contributed by atoms with Crippen LogP contribution in [0.5, 0.6) is 5.75 Å². The van der Waals surface area contributed by atoms with Crippen molar-refractivity contribution >= 4 is 35.4 Å². The van der Waals surface area contributed by atoms with Crippen molar-refractivity contribution in [3.8, 4) is 5.75 Å². The highest BCUT2D eigenvalue weighted by atomic mass is 16.5. The smallest absolute Gasteiger partial charge is 0.257 e. The van der Waals surface area contributed by atoms with Gasteiger partial charge in [-0.1, -0.05) is 18.2 Å². The lowest BCUT2D eigenvalue weighted by Gasteiger charge is -2.15. The summed E-state index contributed by atoms with van der Waals surface area (Å²) in [4.78, 5) is 70.9. The molecule has 1 aromatic rings. The van der Waals surface area contributed by atoms with Crippen LogP contribution in [0, 0.1) is 0 Å². The highest BCUT2D eigenvalue weighted by Crippen LogP contribution is 2.08. The van der Waals surface area contributed by atoms with Crippen LogP contribution < -0.4 is 20.7 Å². The van der Waals surface area contributed by atoms with E-state index in [-0.39, 0.29) is 69.6 Å². The fraction of sp³-hybridized carbons (Fsp3) is 0.636. The predicted octanol–water partition coefficient (Wildman–Crippen LogP) is 2.16. The van der Waals surface area contributed by atoms with Gasteiger partial charge in [0.15, 0.2) is 6.61 Å². The third kappa shape index (κ3) is 22.8. The van der Waals surface area contributed by atoms with Crippen LogP contribution in [-0.4, -0.2) is 112 Å². The van der Waals surface area contributed by atoms with E-state index in [0.29, 0.717) is 98.4 Å². The monoisotopic (exact) mass is 694 g/mol. The first kappa shape index (κ1) is 42.7. The zero-order chi connectivity index (χ0) is 36.3. The summed E-state index contributed by atoms with van der Waals surface area (Å²) in [7, 11) is 0. The Morgan fingerprint density at radius 1 is 0.551 bits per heavy atom. The first-order chi connectivity index (χ1) is 23.5. The number of hydrogen-bond acceptors (Lipinski definition) is 10. The molecule has 276 valence electrons. The van der Waals surface area contributed by atoms with Crippen LogP contribution in [0.4, 0.5) is 0 Å². The molecule has 0 aliphatic carbocycles. The molecule has 0 spiro atoms. The summed E-state index contributed by atoms with van der Waals surface area (Å²) in [6.07, 6.45) is 5.19. The normalized spacial score (nSPS) is 10.5. The second-order valence-electron chi connectivity index (χ2n) is 11.5. The van der Waals surface area contributed by atoms with Crippen molar-refractivity contribution in [2.45, 2.75) is 90.4 Å². The topological polar surface area (TPSA) is 218 Å². The van der Waals surface area contributed by atoms with Crippen LogP contribution in [0.3, 0.4) is 0 Å². The average Bonchev–Trinajstić information content (AvgIpc) is 3.09. The molecule has 6 amide bonds. The summed E-state index contributed by atoms with van der Waals surface area (Å²) in [6.45, 7) is 2.86. The lowest BCUT2D eigenvalue weighted by Crippen LogP contribution is -2.31. The summed E-state index contributed by atoms with van der Waals surface area (Å²) < 4.78 is 5.37. The molecule has 0 radical (unpaired) electrons. The van der Waals surface area contributed by atoms with E-state index in [0.717, 1.165) is 0 Å². The second-order valence-corrected chi connectivity index (χ2v) is 11.5. The standard InChI is InChI=1S/C33H54N6O10/c1-27(40)37(46)23-11-3-8-20-34-29(41)16-18-32(44)38(47)24-12-4-9-21-35-30(42)17-19-33(45)39(48)25-13-5-10-22-36-31(43)26-49-28-14-6-2-7-15-28/h2,6-7,14-15,46-48H,3-5,8-13,16-26H2,1H3,(H,34,41)(H,35,42)(H,36,43). The number of amides is 6. The van der Waals surface area contributed by atoms with E-state index in [4.69, 9.17) is 4.74 Å². The van der Waals surface area contributed by atoms with E-state index in [2.05, 4.69) is 16.0 Å². The van der Waals surface area contributed by atoms with Crippen LogP contribution in [0.15, 0.2) is 30.3 Å². The van der Waals surface area contributed by atoms with E-state index in [1.807, 2.05) is 18.2 Å². The number of ether oxygens (including phenoxy) is 1. The van der Waals surface area contributed by atoms with Gasteiger partial charge < -0.3 is 20.7 Å². The Balaban J connectivity index is 1.98. The van der Waals surface area contributed by atoms with Crippen molar-refractivity contribution in [3.63, 3.8) is 0 Å². The minimum atomic E-state index is -0.562. The van der Waals surface area contributed by atoms with E-state index >= 15 is 0 Å². The van der Waals surface area contributed by atoms with Crippen molar-refractivity contribution < 1.29 is 49.1 Å². The molecule has 0 bridgehead atoms. The third-order valence-corrected chi connectivity index (χ3v) is 7.29. The molecule has 0 heterocycles. The molecule has 1 rings (SSSR count). The van der Waals surface area contributed by atoms with Gasteiger partial charge in [0.25, 0.3) is 5.91 Å². The average molecular weight is 695 g/mol. The van der Waals surface area contributed by atoms with Gasteiger partial charge in [-0.3, -0.25) is 44.4 Å². The number of hydrogen-bond donors (Lipinski definition) is 6. The number of rotatable bonds is 27. The van der Waals surface area contributed by atoms with Crippen molar-refractivity contribution in [2.24, 2.45) is 0 Å². The predicted molar refractivity (Wildman–Crippen MR) is 177 cm³/mol. The SMILES string of the molecule is CC(=O)N(O)CCCCCNC(=O)CCC(=O)N(O)CCCCCNC(=O)CCC(=O)N(O)CCCCCNC(=O)COc1ccccc1. The molecule has 0 aromatic heterocycles. The Hall–Kier alpha value is -4.28. The number of unbranched alkanes of at least 4 members (excludes halogenated alkanes) is 6. The van der Waals surface area contributed by atoms with Gasteiger partial charge in [0, 0.05) is 71.9 Å². The Kier molecular flexibility index (Phi) is 23.2. The van der Waals surface area contributed by atoms with Gasteiger partial charge >= 0.3 is 0 Å². The molecule has 0 fully saturated rings. The van der Waals surface area contributed by atoms with E-state index in [1.54, 1.807) is 12.1 Å². The molecule has 0 aliphatic heterocycles. The number of carbonyl (C=O) groups excluding carboxylic acids is 6. The first-order valence-corrected chi connectivity index (χ1v) is 16.9. The summed E-state index contributed by atoms with van der Waals surface area (Å²) in [5, 5.41) is 39.1. The zero-order valence-corrected chi connectivity index (χ0v) is 28.6. The van der Waals surface area contributed by atoms with Gasteiger partial charge in [0.2, 0.25) is 29.5 Å². The van der Waals surface area contributed by atoms with Crippen molar-refractivity contribution in [2.75, 3.05) is 45.9 Å². The molecule has 0 saturated heterocycles. The molecule has 0 saturated carbocycles. The Morgan fingerprint density at radius 2 is 0.959 bits per heavy atom. The van der Waals surface area contributed by atoms with E-state index < -0.39 is 17.7 Å². The minimum absolute atomic E-state index is 0.0547. The lowest BCUT2D eigenvalue weighted by atomic mass is 10.2. The fourth-order valence-corrected chi connectivity index (χ4v) is 4.37. The molecule has 1 aromatic carbocycles. The molecule has 49 heavy (non-hydrogen) atoms. The first-order valence-electron chi connectivity index (χ1n) is 16.9. The number of hydroxylamine groups is 6. The van der Waals surface area contributed by atoms with Crippen molar-refractivity contribution in [1.29, 1.82) is 0 Å². The molecule has 16 heteroatoms. The molecular weight excluding hydrogens is 640 g/mol. The van der Waals surface area contributed by atoms with Gasteiger partial charge in [0.05, 0.1) is 0 Å². The molecule has 0 unspecified atom stereocenters. The second kappa shape index (κ2) is 26.6. The van der Waals surface area contributed by atoms with E-state index in [1.165, 1.54) is 6.92 Å². The van der Waals surface area contributed by atoms with Crippen LogP contribution in [0.2, 0.25) is 0 Å². The largest absolute Gasteiger partial charge is 0.484 e. The molecule has 6 N–H and O–H groups in total. The Labute approximate surface area is 288 Å². The van der Waals surface area contributed by atoms with Crippen LogP contribution in [-0.2, 0) is 28.8 Å². The van der Waals surface area contributed by atoms with Gasteiger partial charge in [0.1, 0.15) is 5.75 Å². The van der Waals surface area contributed by atoms with Gasteiger partial charge in [-0.15, -0.1) is 0 Å². The third-order valence-electron chi connectivity index (χ3n) is 7.29. The van der Waals surface area contributed by atoms with Gasteiger partial charge in [-0.2, -0.15) is 0 Å². The van der Waals surface area contributed by atoms with E-state index in [9.17, 15) is 44.4 Å². The van der Waals surface area contributed by atoms with Crippen LogP contribution >= 0.6 is 0 Å². The zero-order valence-electron chi connectivity index (χ0n) is 28.6. The summed E-state index contributed by atoms with van der Waals surface area (Å²) in [6, 6.07) is 9.02. The molecule has 16 nitrogen and oxygen atoms in total. The summed E-state index contributed by atoms with van der Waals surface area (Å²) in [5.41, 5.74) is 0. The van der Waals surface area contributed by atoms with Crippen LogP contribution in [0.1, 0.15) is 90.4 Å². The van der Waals surface area contributed by atoms with Crippen molar-refractivity contribution in [1.82, 2.24) is 31.1 Å². The number of para-hydroxylation sites is 1. The fourth-order valence-electron chi connectivity index (χ4n) is 4.37. The molecular formula is C33H54N6O10. The maximum atomic E-state index is 12.1. The van der Waals surface area contributed by atoms with Gasteiger partial charge in [-0.05, 0) is 69.9 Å². The maximum absolute atomic E-state index is 12.1. The van der Waals surface area contributed by atoms with Crippen molar-refractivity contribution in [3.05, 3.63) is 30.3 Å². The highest BCUT2D eigenvalue weighted by molar-refractivity contribution is 5.83. The number of nitrogens with zero attached hydrogens (tertiary/aromatic N) is 3. The summed E-state index contributed by atoms with van der Waals surface area (Å²) in [5.74, 6) is -1.78. The van der Waals surface area contributed by atoms with Gasteiger partial charge in [-0.25, -0.2) is 15.2 Å². The Morgan fingerprint density at radius 3 is 1.39 bits per heavy atom. The Bertz CT molecular complexity index is 1140. The molecule has 0 atom stereocenters. The van der Waals surface area contributed by atoms with Crippen LogP contribution in [0.25, 0.3) is 0 Å². The number of carbonyl (C=O) groups is 6. The molecule has 0 aliphatic rings. The maximum Gasteiger partial charge on any atom is 0.257 e. The number of nitrogens with one attached hydrogen (secondary N) is 3. The minimum Gasteiger partial charge on any atom is -0.484 e. The highest BCUT2D eigenvalue weighted by Gasteiger charge is 2.14. The summed E-state index contributed by atoms with van der Waals surface area (Å²) >= 11 is 0.